The molecule has 1 heterocycles. The second-order valence-corrected chi connectivity index (χ2v) is 4.66. The molecule has 2 rings (SSSR count). The molecule has 0 radical (unpaired) electrons. The molecule has 0 saturated carbocycles. The minimum atomic E-state index is -0.0818. The van der Waals surface area contributed by atoms with E-state index < -0.39 is 0 Å². The first kappa shape index (κ1) is 14.8. The van der Waals surface area contributed by atoms with Gasteiger partial charge in [0.05, 0.1) is 12.7 Å². The molecule has 2 aromatic rings. The van der Waals surface area contributed by atoms with Crippen LogP contribution in [0.4, 0.5) is 0 Å². The summed E-state index contributed by atoms with van der Waals surface area (Å²) in [5.74, 6) is 1.41. The van der Waals surface area contributed by atoms with Gasteiger partial charge in [-0.3, -0.25) is 5.41 Å². The van der Waals surface area contributed by atoms with Gasteiger partial charge in [0, 0.05) is 5.69 Å². The summed E-state index contributed by atoms with van der Waals surface area (Å²) in [7, 11) is 1.59. The number of benzene rings is 1. The Balaban J connectivity index is 2.42. The normalized spacial score (nSPS) is 10.2. The molecule has 0 unspecified atom stereocenters. The highest BCUT2D eigenvalue weighted by Gasteiger charge is 2.13. The van der Waals surface area contributed by atoms with E-state index in [1.165, 1.54) is 0 Å². The molecule has 0 aliphatic heterocycles. The van der Waals surface area contributed by atoms with Crippen LogP contribution in [0, 0.1) is 12.3 Å². The number of methoxy groups -OCH3 is 1. The SMILES string of the molecule is CCc1ccc(Oc2nc(C)ccc2C(=N)N)c(OC)c1. The van der Waals surface area contributed by atoms with Gasteiger partial charge in [-0.05, 0) is 43.2 Å². The summed E-state index contributed by atoms with van der Waals surface area (Å²) in [6.45, 7) is 3.93. The Morgan fingerprint density at radius 1 is 1.24 bits per heavy atom. The molecule has 0 spiro atoms. The second kappa shape index (κ2) is 6.26. The first-order valence-electron chi connectivity index (χ1n) is 6.72. The van der Waals surface area contributed by atoms with Crippen LogP contribution in [0.1, 0.15) is 23.7 Å². The summed E-state index contributed by atoms with van der Waals surface area (Å²) >= 11 is 0. The zero-order valence-corrected chi connectivity index (χ0v) is 12.4. The predicted molar refractivity (Wildman–Crippen MR) is 82.4 cm³/mol. The quantitative estimate of drug-likeness (QED) is 0.653. The van der Waals surface area contributed by atoms with Gasteiger partial charge in [-0.25, -0.2) is 4.98 Å². The number of pyridine rings is 1. The molecule has 21 heavy (non-hydrogen) atoms. The fraction of sp³-hybridized carbons (Fsp3) is 0.250. The van der Waals surface area contributed by atoms with Gasteiger partial charge in [-0.15, -0.1) is 0 Å². The summed E-state index contributed by atoms with van der Waals surface area (Å²) < 4.78 is 11.2. The van der Waals surface area contributed by atoms with Gasteiger partial charge in [0.15, 0.2) is 11.5 Å². The van der Waals surface area contributed by atoms with Crippen molar-refractivity contribution in [1.29, 1.82) is 5.41 Å². The van der Waals surface area contributed by atoms with Crippen molar-refractivity contribution in [2.75, 3.05) is 7.11 Å². The van der Waals surface area contributed by atoms with Gasteiger partial charge in [0.1, 0.15) is 5.84 Å². The zero-order chi connectivity index (χ0) is 15.4. The molecule has 0 aliphatic carbocycles. The number of rotatable bonds is 5. The highest BCUT2D eigenvalue weighted by atomic mass is 16.5. The molecule has 110 valence electrons. The van der Waals surface area contributed by atoms with Crippen molar-refractivity contribution in [2.45, 2.75) is 20.3 Å². The minimum absolute atomic E-state index is 0.0818. The molecule has 0 saturated heterocycles. The smallest absolute Gasteiger partial charge is 0.230 e. The van der Waals surface area contributed by atoms with Crippen LogP contribution in [0.2, 0.25) is 0 Å². The molecular formula is C16H19N3O2. The topological polar surface area (TPSA) is 81.2 Å². The van der Waals surface area contributed by atoms with Crippen LogP contribution in [-0.4, -0.2) is 17.9 Å². The van der Waals surface area contributed by atoms with Crippen molar-refractivity contribution in [1.82, 2.24) is 4.98 Å². The third kappa shape index (κ3) is 3.31. The summed E-state index contributed by atoms with van der Waals surface area (Å²) in [5.41, 5.74) is 7.97. The fourth-order valence-electron chi connectivity index (χ4n) is 1.94. The van der Waals surface area contributed by atoms with Crippen molar-refractivity contribution in [3.8, 4) is 17.4 Å². The van der Waals surface area contributed by atoms with Crippen LogP contribution in [0.5, 0.6) is 17.4 Å². The number of nitrogens with one attached hydrogen (secondary N) is 1. The first-order chi connectivity index (χ1) is 10.0. The number of ether oxygens (including phenoxy) is 2. The van der Waals surface area contributed by atoms with Crippen LogP contribution in [-0.2, 0) is 6.42 Å². The van der Waals surface area contributed by atoms with Gasteiger partial charge < -0.3 is 15.2 Å². The number of amidine groups is 1. The molecule has 0 fully saturated rings. The Bertz CT molecular complexity index is 669. The number of hydrogen-bond donors (Lipinski definition) is 2. The molecule has 0 aliphatic rings. The highest BCUT2D eigenvalue weighted by molar-refractivity contribution is 5.97. The lowest BCUT2D eigenvalue weighted by Crippen LogP contribution is -2.13. The maximum Gasteiger partial charge on any atom is 0.230 e. The number of nitrogens with two attached hydrogens (primary N) is 1. The monoisotopic (exact) mass is 285 g/mol. The van der Waals surface area contributed by atoms with Gasteiger partial charge in [0.25, 0.3) is 0 Å². The van der Waals surface area contributed by atoms with Crippen molar-refractivity contribution in [3.63, 3.8) is 0 Å². The summed E-state index contributed by atoms with van der Waals surface area (Å²) in [6, 6.07) is 9.26. The van der Waals surface area contributed by atoms with Gasteiger partial charge in [-0.2, -0.15) is 0 Å². The molecule has 0 atom stereocenters. The lowest BCUT2D eigenvalue weighted by Gasteiger charge is -2.13. The van der Waals surface area contributed by atoms with E-state index in [9.17, 15) is 0 Å². The molecule has 0 bridgehead atoms. The number of hydrogen-bond acceptors (Lipinski definition) is 4. The average Bonchev–Trinajstić information content (AvgIpc) is 2.47. The maximum absolute atomic E-state index is 7.60. The van der Waals surface area contributed by atoms with Gasteiger partial charge in [0.2, 0.25) is 5.88 Å². The highest BCUT2D eigenvalue weighted by Crippen LogP contribution is 2.33. The van der Waals surface area contributed by atoms with E-state index in [0.717, 1.165) is 17.7 Å². The van der Waals surface area contributed by atoms with Crippen molar-refractivity contribution in [2.24, 2.45) is 5.73 Å². The Labute approximate surface area is 124 Å². The van der Waals surface area contributed by atoms with Crippen molar-refractivity contribution in [3.05, 3.63) is 47.2 Å². The maximum atomic E-state index is 7.60. The average molecular weight is 285 g/mol. The van der Waals surface area contributed by atoms with Crippen LogP contribution in [0.15, 0.2) is 30.3 Å². The summed E-state index contributed by atoms with van der Waals surface area (Å²) in [6.07, 6.45) is 0.915. The van der Waals surface area contributed by atoms with Crippen molar-refractivity contribution >= 4 is 5.84 Å². The van der Waals surface area contributed by atoms with Gasteiger partial charge in [-0.1, -0.05) is 13.0 Å². The van der Waals surface area contributed by atoms with E-state index in [0.29, 0.717) is 22.9 Å². The number of aromatic nitrogens is 1. The first-order valence-corrected chi connectivity index (χ1v) is 6.72. The minimum Gasteiger partial charge on any atom is -0.493 e. The van der Waals surface area contributed by atoms with E-state index in [4.69, 9.17) is 20.6 Å². The molecule has 5 nitrogen and oxygen atoms in total. The summed E-state index contributed by atoms with van der Waals surface area (Å²) in [5, 5.41) is 7.60. The molecule has 1 aromatic heterocycles. The lowest BCUT2D eigenvalue weighted by atomic mass is 10.1. The molecule has 1 aromatic carbocycles. The Kier molecular flexibility index (Phi) is 4.42. The Morgan fingerprint density at radius 3 is 2.62 bits per heavy atom. The fourth-order valence-corrected chi connectivity index (χ4v) is 1.94. The zero-order valence-electron chi connectivity index (χ0n) is 12.4. The number of aryl methyl sites for hydroxylation is 2. The second-order valence-electron chi connectivity index (χ2n) is 4.66. The molecular weight excluding hydrogens is 266 g/mol. The number of nitrogens with zero attached hydrogens (tertiary/aromatic N) is 1. The molecule has 0 amide bonds. The third-order valence-electron chi connectivity index (χ3n) is 3.13. The Hall–Kier alpha value is -2.56. The Morgan fingerprint density at radius 2 is 2.00 bits per heavy atom. The van der Waals surface area contributed by atoms with E-state index in [1.54, 1.807) is 19.2 Å². The third-order valence-corrected chi connectivity index (χ3v) is 3.13. The van der Waals surface area contributed by atoms with Gasteiger partial charge >= 0.3 is 0 Å². The van der Waals surface area contributed by atoms with E-state index in [-0.39, 0.29) is 5.84 Å². The van der Waals surface area contributed by atoms with Crippen LogP contribution < -0.4 is 15.2 Å². The summed E-state index contributed by atoms with van der Waals surface area (Å²) in [4.78, 5) is 4.31. The van der Waals surface area contributed by atoms with Crippen LogP contribution in [0.25, 0.3) is 0 Å². The van der Waals surface area contributed by atoms with E-state index in [1.807, 2.05) is 25.1 Å². The standard InChI is InChI=1S/C16H19N3O2/c1-4-11-6-8-13(14(9-11)20-3)21-16-12(15(17)18)7-5-10(2)19-16/h5-9H,4H2,1-3H3,(H3,17,18). The predicted octanol–water partition coefficient (Wildman–Crippen LogP) is 3.04. The van der Waals surface area contributed by atoms with Crippen LogP contribution >= 0.6 is 0 Å². The lowest BCUT2D eigenvalue weighted by molar-refractivity contribution is 0.373. The largest absolute Gasteiger partial charge is 0.493 e. The molecule has 3 N–H and O–H groups in total. The molecule has 5 heteroatoms. The number of nitrogen functional groups attached to an aromatic ring is 1. The van der Waals surface area contributed by atoms with E-state index in [2.05, 4.69) is 11.9 Å². The van der Waals surface area contributed by atoms with Crippen molar-refractivity contribution < 1.29 is 9.47 Å². The van der Waals surface area contributed by atoms with E-state index >= 15 is 0 Å². The van der Waals surface area contributed by atoms with Crippen LogP contribution in [0.3, 0.4) is 0 Å².